The smallest absolute Gasteiger partial charge is 0.251 e. The summed E-state index contributed by atoms with van der Waals surface area (Å²) in [5.41, 5.74) is 3.72. The highest BCUT2D eigenvalue weighted by atomic mass is 16.2. The van der Waals surface area contributed by atoms with Crippen LogP contribution in [0.3, 0.4) is 0 Å². The number of hydrogen-bond donors (Lipinski definition) is 1. The molecule has 0 unspecified atom stereocenters. The van der Waals surface area contributed by atoms with Crippen LogP contribution in [0.5, 0.6) is 0 Å². The van der Waals surface area contributed by atoms with Gasteiger partial charge in [-0.3, -0.25) is 19.5 Å². The average Bonchev–Trinajstić information content (AvgIpc) is 2.80. The van der Waals surface area contributed by atoms with Crippen LogP contribution in [0, 0.1) is 0 Å². The molecule has 0 atom stereocenters. The number of anilines is 1. The van der Waals surface area contributed by atoms with E-state index in [4.69, 9.17) is 0 Å². The van der Waals surface area contributed by atoms with Crippen molar-refractivity contribution >= 4 is 17.5 Å². The molecule has 2 heterocycles. The van der Waals surface area contributed by atoms with Crippen molar-refractivity contribution in [3.8, 4) is 0 Å². The number of hydrogen-bond acceptors (Lipinski definition) is 5. The largest absolute Gasteiger partial charge is 0.351 e. The van der Waals surface area contributed by atoms with Crippen LogP contribution in [0.2, 0.25) is 0 Å². The summed E-state index contributed by atoms with van der Waals surface area (Å²) in [5, 5.41) is 3.01. The second kappa shape index (κ2) is 13.2. The van der Waals surface area contributed by atoms with Gasteiger partial charge in [0.2, 0.25) is 5.91 Å². The Morgan fingerprint density at radius 2 is 1.82 bits per heavy atom. The Hall–Kier alpha value is -2.77. The molecule has 0 aliphatic carbocycles. The lowest BCUT2D eigenvalue weighted by atomic mass is 10.0. The molecule has 7 nitrogen and oxygen atoms in total. The van der Waals surface area contributed by atoms with Crippen LogP contribution in [-0.4, -0.2) is 66.9 Å². The third kappa shape index (κ3) is 7.92. The third-order valence-corrected chi connectivity index (χ3v) is 6.24. The first-order chi connectivity index (χ1) is 16.4. The van der Waals surface area contributed by atoms with Crippen LogP contribution < -0.4 is 10.2 Å². The molecule has 184 valence electrons. The number of carbonyl (C=O) groups excluding carboxylic acids is 2. The standard InChI is InChI=1S/C27H39N5O2/c1-22(33)32-16-8-6-4-5-7-15-31(20-23-10-9-13-28-19-23)21-25-18-24(11-12-26(25)32)27(34)29-14-17-30(2)3/h9-13,18-19H,4-8,14-17,20-21H2,1-3H3,(H,29,34). The van der Waals surface area contributed by atoms with Gasteiger partial charge in [-0.1, -0.05) is 25.3 Å². The maximum Gasteiger partial charge on any atom is 0.251 e. The van der Waals surface area contributed by atoms with Crippen LogP contribution in [0.4, 0.5) is 5.69 Å². The number of pyridine rings is 1. The van der Waals surface area contributed by atoms with Gasteiger partial charge in [-0.15, -0.1) is 0 Å². The van der Waals surface area contributed by atoms with E-state index in [0.29, 0.717) is 25.2 Å². The molecule has 3 rings (SSSR count). The lowest BCUT2D eigenvalue weighted by Crippen LogP contribution is -2.33. The maximum atomic E-state index is 12.8. The second-order valence-corrected chi connectivity index (χ2v) is 9.41. The van der Waals surface area contributed by atoms with Gasteiger partial charge in [0.1, 0.15) is 0 Å². The van der Waals surface area contributed by atoms with Gasteiger partial charge in [0.15, 0.2) is 0 Å². The quantitative estimate of drug-likeness (QED) is 0.705. The number of rotatable bonds is 6. The molecule has 1 aliphatic rings. The summed E-state index contributed by atoms with van der Waals surface area (Å²) >= 11 is 0. The Kier molecular flexibility index (Phi) is 10.0. The van der Waals surface area contributed by atoms with E-state index < -0.39 is 0 Å². The molecule has 1 N–H and O–H groups in total. The highest BCUT2D eigenvalue weighted by Gasteiger charge is 2.20. The van der Waals surface area contributed by atoms with Crippen molar-refractivity contribution in [3.05, 3.63) is 59.4 Å². The monoisotopic (exact) mass is 465 g/mol. The van der Waals surface area contributed by atoms with Crippen molar-refractivity contribution in [2.24, 2.45) is 0 Å². The number of carbonyl (C=O) groups is 2. The predicted octanol–water partition coefficient (Wildman–Crippen LogP) is 3.69. The van der Waals surface area contributed by atoms with Crippen LogP contribution in [0.15, 0.2) is 42.7 Å². The molecule has 0 saturated heterocycles. The summed E-state index contributed by atoms with van der Waals surface area (Å²) < 4.78 is 0. The van der Waals surface area contributed by atoms with E-state index in [1.807, 2.05) is 54.4 Å². The van der Waals surface area contributed by atoms with E-state index in [-0.39, 0.29) is 11.8 Å². The number of likely N-dealkylation sites (N-methyl/N-ethyl adjacent to an activating group) is 1. The fraction of sp³-hybridized carbons (Fsp3) is 0.519. The van der Waals surface area contributed by atoms with Gasteiger partial charge in [-0.2, -0.15) is 0 Å². The number of fused-ring (bicyclic) bond motifs is 1. The molecular formula is C27H39N5O2. The number of amides is 2. The summed E-state index contributed by atoms with van der Waals surface area (Å²) in [4.78, 5) is 36.0. The molecule has 2 aromatic rings. The number of nitrogens with one attached hydrogen (secondary N) is 1. The van der Waals surface area contributed by atoms with Gasteiger partial charge in [0, 0.05) is 63.3 Å². The van der Waals surface area contributed by atoms with Gasteiger partial charge in [-0.05, 0) is 68.9 Å². The summed E-state index contributed by atoms with van der Waals surface area (Å²) in [6.45, 7) is 6.14. The van der Waals surface area contributed by atoms with Crippen LogP contribution >= 0.6 is 0 Å². The zero-order chi connectivity index (χ0) is 24.3. The van der Waals surface area contributed by atoms with E-state index in [1.54, 1.807) is 13.1 Å². The average molecular weight is 466 g/mol. The van der Waals surface area contributed by atoms with Crippen LogP contribution in [-0.2, 0) is 17.9 Å². The van der Waals surface area contributed by atoms with Gasteiger partial charge in [-0.25, -0.2) is 0 Å². The van der Waals surface area contributed by atoms with Crippen LogP contribution in [0.25, 0.3) is 0 Å². The molecule has 0 spiro atoms. The van der Waals surface area contributed by atoms with E-state index in [9.17, 15) is 9.59 Å². The summed E-state index contributed by atoms with van der Waals surface area (Å²) in [7, 11) is 3.97. The molecule has 7 heteroatoms. The Morgan fingerprint density at radius 3 is 2.53 bits per heavy atom. The Morgan fingerprint density at radius 1 is 1.06 bits per heavy atom. The molecular weight excluding hydrogens is 426 g/mol. The SMILES string of the molecule is CC(=O)N1CCCCCCCN(Cc2cccnc2)Cc2cc(C(=O)NCCN(C)C)ccc21. The highest BCUT2D eigenvalue weighted by molar-refractivity contribution is 5.97. The van der Waals surface area contributed by atoms with Crippen molar-refractivity contribution < 1.29 is 9.59 Å². The fourth-order valence-electron chi connectivity index (χ4n) is 4.40. The van der Waals surface area contributed by atoms with Gasteiger partial charge in [0.05, 0.1) is 0 Å². The number of nitrogens with zero attached hydrogens (tertiary/aromatic N) is 4. The molecule has 1 aromatic carbocycles. The molecule has 1 aliphatic heterocycles. The summed E-state index contributed by atoms with van der Waals surface area (Å²) in [6, 6.07) is 9.83. The van der Waals surface area contributed by atoms with Crippen molar-refractivity contribution in [1.82, 2.24) is 20.1 Å². The molecule has 34 heavy (non-hydrogen) atoms. The minimum absolute atomic E-state index is 0.0419. The summed E-state index contributed by atoms with van der Waals surface area (Å²) in [5.74, 6) is -0.0377. The van der Waals surface area contributed by atoms with E-state index in [2.05, 4.69) is 21.3 Å². The Balaban J connectivity index is 1.91. The highest BCUT2D eigenvalue weighted by Crippen LogP contribution is 2.26. The zero-order valence-corrected chi connectivity index (χ0v) is 20.9. The predicted molar refractivity (Wildman–Crippen MR) is 137 cm³/mol. The normalized spacial score (nSPS) is 15.8. The van der Waals surface area contributed by atoms with Gasteiger partial charge < -0.3 is 15.1 Å². The fourth-order valence-corrected chi connectivity index (χ4v) is 4.40. The number of benzene rings is 1. The zero-order valence-electron chi connectivity index (χ0n) is 20.9. The topological polar surface area (TPSA) is 68.8 Å². The van der Waals surface area contributed by atoms with Gasteiger partial charge in [0.25, 0.3) is 5.91 Å². The Bertz CT molecular complexity index is 932. The maximum absolute atomic E-state index is 12.8. The molecule has 1 aromatic heterocycles. The van der Waals surface area contributed by atoms with E-state index in [0.717, 1.165) is 55.7 Å². The van der Waals surface area contributed by atoms with Crippen molar-refractivity contribution in [2.75, 3.05) is 45.2 Å². The van der Waals surface area contributed by atoms with E-state index >= 15 is 0 Å². The minimum atomic E-state index is -0.0797. The van der Waals surface area contributed by atoms with Crippen molar-refractivity contribution in [1.29, 1.82) is 0 Å². The molecule has 0 bridgehead atoms. The lowest BCUT2D eigenvalue weighted by molar-refractivity contribution is -0.116. The lowest BCUT2D eigenvalue weighted by Gasteiger charge is -2.29. The summed E-state index contributed by atoms with van der Waals surface area (Å²) in [6.07, 6.45) is 9.32. The second-order valence-electron chi connectivity index (χ2n) is 9.41. The Labute approximate surface area is 204 Å². The third-order valence-electron chi connectivity index (χ3n) is 6.24. The number of aromatic nitrogens is 1. The molecule has 2 amide bonds. The first-order valence-corrected chi connectivity index (χ1v) is 12.4. The first kappa shape index (κ1) is 25.8. The van der Waals surface area contributed by atoms with Crippen molar-refractivity contribution in [2.45, 2.75) is 52.1 Å². The van der Waals surface area contributed by atoms with Gasteiger partial charge >= 0.3 is 0 Å². The van der Waals surface area contributed by atoms with Crippen molar-refractivity contribution in [3.63, 3.8) is 0 Å². The molecule has 0 saturated carbocycles. The molecule has 0 radical (unpaired) electrons. The van der Waals surface area contributed by atoms with Crippen LogP contribution in [0.1, 0.15) is 60.5 Å². The molecule has 0 fully saturated rings. The first-order valence-electron chi connectivity index (χ1n) is 12.4. The van der Waals surface area contributed by atoms with E-state index in [1.165, 1.54) is 12.8 Å². The minimum Gasteiger partial charge on any atom is -0.351 e.